The number of likely N-dealkylation sites (tertiary alicyclic amines) is 1. The molecule has 7 rings (SSSR count). The van der Waals surface area contributed by atoms with E-state index in [1.165, 1.54) is 11.0 Å². The first-order valence-electron chi connectivity index (χ1n) is 16.0. The minimum atomic E-state index is -1.11. The number of hydrogen-bond acceptors (Lipinski definition) is 8. The number of carboxylic acid groups (broad SMARTS) is 1. The van der Waals surface area contributed by atoms with Crippen molar-refractivity contribution < 1.29 is 28.2 Å². The van der Waals surface area contributed by atoms with Gasteiger partial charge in [0.05, 0.1) is 39.1 Å². The van der Waals surface area contributed by atoms with Crippen molar-refractivity contribution in [3.63, 3.8) is 0 Å². The Hall–Kier alpha value is -4.21. The second kappa shape index (κ2) is 14.4. The first-order chi connectivity index (χ1) is 24.5. The molecule has 0 saturated carbocycles. The number of ether oxygens (including phenoxy) is 2. The van der Waals surface area contributed by atoms with Crippen LogP contribution in [0.15, 0.2) is 60.7 Å². The van der Waals surface area contributed by atoms with Crippen molar-refractivity contribution in [3.8, 4) is 22.8 Å². The Labute approximate surface area is 316 Å². The summed E-state index contributed by atoms with van der Waals surface area (Å²) in [6.45, 7) is 1.30. The molecule has 2 aliphatic heterocycles. The number of halogens is 5. The minimum absolute atomic E-state index is 0.0171. The van der Waals surface area contributed by atoms with E-state index in [0.29, 0.717) is 40.3 Å². The third-order valence-electron chi connectivity index (χ3n) is 9.36. The molecule has 3 aromatic carbocycles. The number of pyridine rings is 1. The smallest absolute Gasteiger partial charge is 0.407 e. The summed E-state index contributed by atoms with van der Waals surface area (Å²) in [5.41, 5.74) is 1.77. The second-order valence-electron chi connectivity index (χ2n) is 12.4. The van der Waals surface area contributed by atoms with Gasteiger partial charge >= 0.3 is 12.2 Å². The number of piperazine rings is 1. The van der Waals surface area contributed by atoms with Crippen LogP contribution in [-0.2, 0) is 13.1 Å². The van der Waals surface area contributed by atoms with E-state index in [4.69, 9.17) is 37.7 Å². The van der Waals surface area contributed by atoms with Crippen LogP contribution in [0.2, 0.25) is 10.0 Å². The number of anilines is 2. The number of fused-ring (bicyclic) bond motifs is 3. The molecule has 264 valence electrons. The van der Waals surface area contributed by atoms with Crippen LogP contribution in [-0.4, -0.2) is 70.4 Å². The van der Waals surface area contributed by atoms with Crippen LogP contribution < -0.4 is 19.3 Å². The van der Waals surface area contributed by atoms with Gasteiger partial charge in [0.1, 0.15) is 28.7 Å². The van der Waals surface area contributed by atoms with Crippen LogP contribution in [0.1, 0.15) is 24.0 Å². The lowest BCUT2D eigenvalue weighted by molar-refractivity contribution is 0.133. The molecule has 2 aromatic heterocycles. The van der Waals surface area contributed by atoms with Gasteiger partial charge in [-0.1, -0.05) is 47.5 Å². The highest BCUT2D eigenvalue weighted by Gasteiger charge is 2.43. The Morgan fingerprint density at radius 3 is 2.00 bits per heavy atom. The third-order valence-corrected chi connectivity index (χ3v) is 11.4. The van der Waals surface area contributed by atoms with Gasteiger partial charge in [0.2, 0.25) is 0 Å². The lowest BCUT2D eigenvalue weighted by atomic mass is 10.1. The van der Waals surface area contributed by atoms with Gasteiger partial charge in [-0.15, -0.1) is 0 Å². The molecule has 0 aliphatic carbocycles. The summed E-state index contributed by atoms with van der Waals surface area (Å²) in [6.07, 6.45) is -0.748. The molecule has 2 saturated heterocycles. The molecular formula is C36H31Cl2F2IN6O4. The summed E-state index contributed by atoms with van der Waals surface area (Å²) in [4.78, 5) is 29.9. The van der Waals surface area contributed by atoms with E-state index in [1.54, 1.807) is 20.3 Å². The van der Waals surface area contributed by atoms with Crippen LogP contribution in [0.3, 0.4) is 0 Å². The van der Waals surface area contributed by atoms with Gasteiger partial charge in [0.25, 0.3) is 0 Å². The molecule has 1 amide bonds. The van der Waals surface area contributed by atoms with Crippen molar-refractivity contribution in [2.45, 2.75) is 38.0 Å². The predicted octanol–water partition coefficient (Wildman–Crippen LogP) is 8.44. The van der Waals surface area contributed by atoms with Crippen LogP contribution >= 0.6 is 45.8 Å². The monoisotopic (exact) mass is 846 g/mol. The molecule has 15 heteroatoms. The van der Waals surface area contributed by atoms with Crippen LogP contribution in [0.4, 0.5) is 25.2 Å². The fourth-order valence-corrected chi connectivity index (χ4v) is 7.92. The van der Waals surface area contributed by atoms with Crippen molar-refractivity contribution in [2.75, 3.05) is 37.1 Å². The molecule has 51 heavy (non-hydrogen) atoms. The fraction of sp³-hybridized carbons (Fsp3) is 0.278. The van der Waals surface area contributed by atoms with Crippen molar-refractivity contribution in [1.82, 2.24) is 19.9 Å². The molecular weight excluding hydrogens is 816 g/mol. The largest absolute Gasteiger partial charge is 0.497 e. The number of nitrogens with zero attached hydrogens (tertiary/aromatic N) is 6. The quantitative estimate of drug-likeness (QED) is 0.116. The number of carbonyl (C=O) groups is 1. The lowest BCUT2D eigenvalue weighted by Crippen LogP contribution is -2.55. The van der Waals surface area contributed by atoms with Gasteiger partial charge in [0.15, 0.2) is 5.82 Å². The van der Waals surface area contributed by atoms with E-state index in [0.717, 1.165) is 22.6 Å². The van der Waals surface area contributed by atoms with Crippen LogP contribution in [0.25, 0.3) is 22.2 Å². The summed E-state index contributed by atoms with van der Waals surface area (Å²) in [6, 6.07) is 18.0. The number of rotatable bonds is 9. The van der Waals surface area contributed by atoms with Crippen molar-refractivity contribution >= 4 is 74.4 Å². The van der Waals surface area contributed by atoms with E-state index in [-0.39, 0.29) is 58.2 Å². The minimum Gasteiger partial charge on any atom is -0.497 e. The zero-order chi connectivity index (χ0) is 36.0. The summed E-state index contributed by atoms with van der Waals surface area (Å²) < 4.78 is 43.1. The normalized spacial score (nSPS) is 16.8. The van der Waals surface area contributed by atoms with Gasteiger partial charge in [-0.2, -0.15) is 14.4 Å². The Bertz CT molecular complexity index is 2070. The molecule has 4 heterocycles. The highest BCUT2D eigenvalue weighted by molar-refractivity contribution is 14.1. The number of aromatic nitrogens is 3. The number of hydrogen-bond donors (Lipinski definition) is 1. The summed E-state index contributed by atoms with van der Waals surface area (Å²) in [5, 5.41) is 10.2. The van der Waals surface area contributed by atoms with Crippen molar-refractivity contribution in [2.24, 2.45) is 0 Å². The molecule has 5 aromatic rings. The van der Waals surface area contributed by atoms with E-state index < -0.39 is 18.0 Å². The number of benzene rings is 3. The third kappa shape index (κ3) is 6.90. The Morgan fingerprint density at radius 2 is 1.47 bits per heavy atom. The molecule has 2 fully saturated rings. The average molecular weight is 847 g/mol. The zero-order valence-corrected chi connectivity index (χ0v) is 31.1. The highest BCUT2D eigenvalue weighted by Crippen LogP contribution is 2.43. The topological polar surface area (TPSA) is 104 Å². The van der Waals surface area contributed by atoms with Gasteiger partial charge in [0, 0.05) is 49.7 Å². The predicted molar refractivity (Wildman–Crippen MR) is 200 cm³/mol. The van der Waals surface area contributed by atoms with E-state index in [9.17, 15) is 9.90 Å². The summed E-state index contributed by atoms with van der Waals surface area (Å²) >= 11 is 15.7. The standard InChI is InChI=1S/C36H31Cl2F2IN6O4/c1-50-23-9-3-19(4-10-23)15-45(16-20-5-11-24(51-2)12-6-20)28-14-27(38)31(41)33(42-28)29-26(37)13-25-32(30(29)39)43-35(40)44-34(25)47-21-7-8-22(47)18-46(17-21)36(48)49/h3-6,9-14,21-22H,7-8,15-18H2,1-2H3,(H,48,49). The molecule has 10 nitrogen and oxygen atoms in total. The summed E-state index contributed by atoms with van der Waals surface area (Å²) in [7, 11) is 3.21. The summed E-state index contributed by atoms with van der Waals surface area (Å²) in [5.74, 6) is 1.21. The van der Waals surface area contributed by atoms with Crippen LogP contribution in [0, 0.1) is 15.5 Å². The second-order valence-corrected chi connectivity index (χ2v) is 14.3. The van der Waals surface area contributed by atoms with Gasteiger partial charge in [-0.25, -0.2) is 14.2 Å². The fourth-order valence-electron chi connectivity index (χ4n) is 6.91. The van der Waals surface area contributed by atoms with Gasteiger partial charge < -0.3 is 29.3 Å². The maximum Gasteiger partial charge on any atom is 0.407 e. The molecule has 1 N–H and O–H groups in total. The molecule has 2 aliphatic rings. The Kier molecular flexibility index (Phi) is 9.96. The zero-order valence-electron chi connectivity index (χ0n) is 27.4. The van der Waals surface area contributed by atoms with E-state index in [2.05, 4.69) is 9.97 Å². The maximum atomic E-state index is 16.8. The van der Waals surface area contributed by atoms with Crippen molar-refractivity contribution in [1.29, 1.82) is 0 Å². The van der Waals surface area contributed by atoms with Gasteiger partial charge in [-0.3, -0.25) is 0 Å². The SMILES string of the molecule is COc1ccc(CN(Cc2ccc(OC)cc2)c2cc(Cl)c(I)c(-c3c(Cl)cc4c(N5C6CCC5CN(C(=O)O)C6)nc(F)nc4c3F)n2)cc1. The first kappa shape index (κ1) is 35.2. The number of amides is 1. The molecule has 2 unspecified atom stereocenters. The number of methoxy groups -OCH3 is 2. The Morgan fingerprint density at radius 1 is 0.902 bits per heavy atom. The van der Waals surface area contributed by atoms with Gasteiger partial charge in [-0.05, 0) is 76.9 Å². The molecule has 2 bridgehead atoms. The molecule has 0 radical (unpaired) electrons. The van der Waals surface area contributed by atoms with Crippen molar-refractivity contribution in [3.05, 3.63) is 97.3 Å². The Balaban J connectivity index is 1.32. The molecule has 0 spiro atoms. The van der Waals surface area contributed by atoms with E-state index >= 15 is 8.78 Å². The lowest BCUT2D eigenvalue weighted by Gasteiger charge is -2.40. The average Bonchev–Trinajstić information content (AvgIpc) is 3.38. The highest BCUT2D eigenvalue weighted by atomic mass is 127. The first-order valence-corrected chi connectivity index (χ1v) is 17.9. The maximum absolute atomic E-state index is 16.8. The van der Waals surface area contributed by atoms with Crippen LogP contribution in [0.5, 0.6) is 11.5 Å². The molecule has 2 atom stereocenters. The van der Waals surface area contributed by atoms with E-state index in [1.807, 2.05) is 80.9 Å².